The molecule has 3 rings (SSSR count). The zero-order valence-corrected chi connectivity index (χ0v) is 14.7. The van der Waals surface area contributed by atoms with Gasteiger partial charge in [-0.3, -0.25) is 4.79 Å². The summed E-state index contributed by atoms with van der Waals surface area (Å²) in [5.41, 5.74) is 0. The third-order valence-corrected chi connectivity index (χ3v) is 5.50. The minimum absolute atomic E-state index is 0.154. The van der Waals surface area contributed by atoms with E-state index >= 15 is 0 Å². The molecular weight excluding hydrogens is 364 g/mol. The van der Waals surface area contributed by atoms with Crippen molar-refractivity contribution in [2.75, 3.05) is 26.2 Å². The molecule has 2 aromatic heterocycles. The molecule has 0 aliphatic carbocycles. The van der Waals surface area contributed by atoms with E-state index < -0.39 is 0 Å². The van der Waals surface area contributed by atoms with Gasteiger partial charge in [-0.05, 0) is 71.4 Å². The summed E-state index contributed by atoms with van der Waals surface area (Å²) >= 11 is 5.06. The molecule has 1 aliphatic rings. The molecule has 1 N–H and O–H groups in total. The van der Waals surface area contributed by atoms with E-state index in [1.807, 2.05) is 11.3 Å². The molecule has 2 aromatic rings. The van der Waals surface area contributed by atoms with Crippen LogP contribution in [0.25, 0.3) is 0 Å². The number of hydrogen-bond donors (Lipinski definition) is 1. The third kappa shape index (κ3) is 4.00. The summed E-state index contributed by atoms with van der Waals surface area (Å²) in [5.74, 6) is 0.911. The van der Waals surface area contributed by atoms with Gasteiger partial charge >= 0.3 is 0 Å². The molecule has 3 heterocycles. The molecule has 4 nitrogen and oxygen atoms in total. The molecular formula is C16H19BrN2O2S. The van der Waals surface area contributed by atoms with Crippen LogP contribution in [0.3, 0.4) is 0 Å². The summed E-state index contributed by atoms with van der Waals surface area (Å²) < 4.78 is 5.81. The van der Waals surface area contributed by atoms with Crippen molar-refractivity contribution in [1.29, 1.82) is 0 Å². The maximum Gasteiger partial charge on any atom is 0.287 e. The SMILES string of the molecule is O=C(NCCN1CCC(c2cccs2)CC1)c1ccc(Br)o1. The van der Waals surface area contributed by atoms with Gasteiger partial charge in [0.05, 0.1) is 0 Å². The predicted molar refractivity (Wildman–Crippen MR) is 91.5 cm³/mol. The number of rotatable bonds is 5. The average molecular weight is 383 g/mol. The Labute approximate surface area is 142 Å². The highest BCUT2D eigenvalue weighted by Crippen LogP contribution is 2.30. The molecule has 118 valence electrons. The Balaban J connectivity index is 1.37. The Hall–Kier alpha value is -1.11. The summed E-state index contributed by atoms with van der Waals surface area (Å²) in [7, 11) is 0. The van der Waals surface area contributed by atoms with Gasteiger partial charge in [-0.1, -0.05) is 6.07 Å². The maximum absolute atomic E-state index is 11.9. The monoisotopic (exact) mass is 382 g/mol. The average Bonchev–Trinajstić information content (AvgIpc) is 3.19. The lowest BCUT2D eigenvalue weighted by Gasteiger charge is -2.31. The molecule has 1 fully saturated rings. The first-order valence-electron chi connectivity index (χ1n) is 7.51. The summed E-state index contributed by atoms with van der Waals surface area (Å²) in [6.07, 6.45) is 2.42. The van der Waals surface area contributed by atoms with Gasteiger partial charge in [0, 0.05) is 18.0 Å². The lowest BCUT2D eigenvalue weighted by molar-refractivity contribution is 0.0917. The zero-order valence-electron chi connectivity index (χ0n) is 12.3. The van der Waals surface area contributed by atoms with E-state index in [2.05, 4.69) is 43.7 Å². The van der Waals surface area contributed by atoms with Crippen LogP contribution in [0, 0.1) is 0 Å². The van der Waals surface area contributed by atoms with Gasteiger partial charge < -0.3 is 14.6 Å². The second kappa shape index (κ2) is 7.44. The van der Waals surface area contributed by atoms with Gasteiger partial charge in [0.2, 0.25) is 0 Å². The van der Waals surface area contributed by atoms with E-state index in [0.29, 0.717) is 22.9 Å². The summed E-state index contributed by atoms with van der Waals surface area (Å²) in [6, 6.07) is 7.78. The standard InChI is InChI=1S/C16H19BrN2O2S/c17-15-4-3-13(21-15)16(20)18-7-10-19-8-5-12(6-9-19)14-2-1-11-22-14/h1-4,11-12H,5-10H2,(H,18,20). The number of piperidine rings is 1. The van der Waals surface area contributed by atoms with E-state index in [4.69, 9.17) is 4.42 Å². The van der Waals surface area contributed by atoms with Crippen molar-refractivity contribution in [3.63, 3.8) is 0 Å². The molecule has 1 saturated heterocycles. The summed E-state index contributed by atoms with van der Waals surface area (Å²) in [4.78, 5) is 15.8. The lowest BCUT2D eigenvalue weighted by Crippen LogP contribution is -2.39. The number of thiophene rings is 1. The van der Waals surface area contributed by atoms with Gasteiger partial charge in [-0.2, -0.15) is 0 Å². The van der Waals surface area contributed by atoms with Crippen LogP contribution in [0.1, 0.15) is 34.2 Å². The van der Waals surface area contributed by atoms with E-state index in [1.165, 1.54) is 17.7 Å². The van der Waals surface area contributed by atoms with Gasteiger partial charge in [-0.15, -0.1) is 11.3 Å². The van der Waals surface area contributed by atoms with Gasteiger partial charge in [0.15, 0.2) is 10.4 Å². The first-order chi connectivity index (χ1) is 10.7. The van der Waals surface area contributed by atoms with Gasteiger partial charge in [-0.25, -0.2) is 0 Å². The van der Waals surface area contributed by atoms with Crippen LogP contribution in [0.2, 0.25) is 0 Å². The molecule has 6 heteroatoms. The zero-order chi connectivity index (χ0) is 15.4. The number of carbonyl (C=O) groups is 1. The Morgan fingerprint density at radius 1 is 1.36 bits per heavy atom. The Bertz CT molecular complexity index is 603. The van der Waals surface area contributed by atoms with Crippen LogP contribution >= 0.6 is 27.3 Å². The molecule has 22 heavy (non-hydrogen) atoms. The largest absolute Gasteiger partial charge is 0.444 e. The smallest absolute Gasteiger partial charge is 0.287 e. The maximum atomic E-state index is 11.9. The topological polar surface area (TPSA) is 45.5 Å². The molecule has 0 aromatic carbocycles. The van der Waals surface area contributed by atoms with Crippen molar-refractivity contribution in [1.82, 2.24) is 10.2 Å². The van der Waals surface area contributed by atoms with Crippen LogP contribution in [-0.4, -0.2) is 37.0 Å². The van der Waals surface area contributed by atoms with Crippen LogP contribution in [0.4, 0.5) is 0 Å². The Morgan fingerprint density at radius 3 is 2.82 bits per heavy atom. The minimum Gasteiger partial charge on any atom is -0.444 e. The predicted octanol–water partition coefficient (Wildman–Crippen LogP) is 3.71. The molecule has 0 bridgehead atoms. The first-order valence-corrected chi connectivity index (χ1v) is 9.19. The van der Waals surface area contributed by atoms with Crippen LogP contribution in [0.15, 0.2) is 38.7 Å². The van der Waals surface area contributed by atoms with Crippen molar-refractivity contribution in [2.45, 2.75) is 18.8 Å². The molecule has 1 amide bonds. The molecule has 0 spiro atoms. The number of halogens is 1. The minimum atomic E-state index is -0.154. The normalized spacial score (nSPS) is 16.8. The first kappa shape index (κ1) is 15.8. The highest BCUT2D eigenvalue weighted by molar-refractivity contribution is 9.10. The van der Waals surface area contributed by atoms with Crippen LogP contribution in [-0.2, 0) is 0 Å². The van der Waals surface area contributed by atoms with E-state index in [-0.39, 0.29) is 5.91 Å². The number of likely N-dealkylation sites (tertiary alicyclic amines) is 1. The van der Waals surface area contributed by atoms with Crippen LogP contribution in [0.5, 0.6) is 0 Å². The summed E-state index contributed by atoms with van der Waals surface area (Å²) in [6.45, 7) is 3.75. The van der Waals surface area contributed by atoms with Crippen molar-refractivity contribution in [3.8, 4) is 0 Å². The van der Waals surface area contributed by atoms with Gasteiger partial charge in [0.1, 0.15) is 0 Å². The fourth-order valence-electron chi connectivity index (χ4n) is 2.82. The van der Waals surface area contributed by atoms with E-state index in [9.17, 15) is 4.79 Å². The molecule has 0 atom stereocenters. The third-order valence-electron chi connectivity index (χ3n) is 4.04. The number of amides is 1. The van der Waals surface area contributed by atoms with Crippen molar-refractivity contribution >= 4 is 33.2 Å². The fraction of sp³-hybridized carbons (Fsp3) is 0.438. The molecule has 0 saturated carbocycles. The number of furan rings is 1. The quantitative estimate of drug-likeness (QED) is 0.856. The highest BCUT2D eigenvalue weighted by atomic mass is 79.9. The lowest BCUT2D eigenvalue weighted by atomic mass is 9.95. The summed E-state index contributed by atoms with van der Waals surface area (Å²) in [5, 5.41) is 5.06. The fourth-order valence-corrected chi connectivity index (χ4v) is 4.02. The Morgan fingerprint density at radius 2 is 2.18 bits per heavy atom. The van der Waals surface area contributed by atoms with Crippen molar-refractivity contribution < 1.29 is 9.21 Å². The second-order valence-corrected chi connectivity index (χ2v) is 7.25. The Kier molecular flexibility index (Phi) is 5.33. The van der Waals surface area contributed by atoms with Crippen LogP contribution < -0.4 is 5.32 Å². The number of hydrogen-bond acceptors (Lipinski definition) is 4. The number of nitrogens with zero attached hydrogens (tertiary/aromatic N) is 1. The van der Waals surface area contributed by atoms with Gasteiger partial charge in [0.25, 0.3) is 5.91 Å². The second-order valence-electron chi connectivity index (χ2n) is 5.49. The molecule has 1 aliphatic heterocycles. The molecule has 0 radical (unpaired) electrons. The number of carbonyl (C=O) groups excluding carboxylic acids is 1. The van der Waals surface area contributed by atoms with Crippen molar-refractivity contribution in [2.24, 2.45) is 0 Å². The number of nitrogens with one attached hydrogen (secondary N) is 1. The van der Waals surface area contributed by atoms with E-state index in [0.717, 1.165) is 19.6 Å². The van der Waals surface area contributed by atoms with E-state index in [1.54, 1.807) is 12.1 Å². The highest BCUT2D eigenvalue weighted by Gasteiger charge is 2.21. The molecule has 0 unspecified atom stereocenters. The van der Waals surface area contributed by atoms with Crippen molar-refractivity contribution in [3.05, 3.63) is 45.0 Å².